The Morgan fingerprint density at radius 1 is 1.26 bits per heavy atom. The fourth-order valence-electron chi connectivity index (χ4n) is 1.09. The molecular weight excluding hydrogens is 269 g/mol. The molecule has 0 aromatic heterocycles. The van der Waals surface area contributed by atoms with Crippen molar-refractivity contribution >= 4 is 17.7 Å². The third-order valence-corrected chi connectivity index (χ3v) is 1.98. The van der Waals surface area contributed by atoms with Crippen LogP contribution in [0.5, 0.6) is 0 Å². The van der Waals surface area contributed by atoms with Gasteiger partial charge in [-0.25, -0.2) is 22.8 Å². The maximum Gasteiger partial charge on any atom is 0.334 e. The number of urea groups is 1. The van der Waals surface area contributed by atoms with E-state index >= 15 is 0 Å². The van der Waals surface area contributed by atoms with Crippen LogP contribution in [0, 0.1) is 17.5 Å². The number of carbonyl (C=O) groups is 2. The summed E-state index contributed by atoms with van der Waals surface area (Å²) in [7, 11) is 0. The predicted octanol–water partition coefficient (Wildman–Crippen LogP) is 0.671. The molecule has 1 aromatic carbocycles. The number of carboxylic acid groups (broad SMARTS) is 1. The summed E-state index contributed by atoms with van der Waals surface area (Å²) in [6.45, 7) is -0.652. The van der Waals surface area contributed by atoms with Crippen LogP contribution < -0.4 is 10.6 Å². The lowest BCUT2D eigenvalue weighted by Crippen LogP contribution is -2.38. The number of hydrogen-bond acceptors (Lipinski definition) is 3. The number of amides is 2. The Bertz CT molecular complexity index is 510. The van der Waals surface area contributed by atoms with Crippen molar-refractivity contribution in [1.29, 1.82) is 0 Å². The molecule has 1 aromatic rings. The molecule has 0 saturated carbocycles. The average Bonchev–Trinajstić information content (AvgIpc) is 2.32. The number of carbonyl (C=O) groups excluding carboxylic acids is 1. The number of halogens is 3. The zero-order valence-corrected chi connectivity index (χ0v) is 9.28. The van der Waals surface area contributed by atoms with Gasteiger partial charge in [-0.15, -0.1) is 0 Å². The normalized spacial score (nSPS) is 11.8. The topological polar surface area (TPSA) is 98.7 Å². The van der Waals surface area contributed by atoms with E-state index in [0.29, 0.717) is 12.1 Å². The van der Waals surface area contributed by atoms with Gasteiger partial charge in [0.25, 0.3) is 0 Å². The number of benzene rings is 1. The molecule has 6 nitrogen and oxygen atoms in total. The minimum Gasteiger partial charge on any atom is -0.479 e. The Hall–Kier alpha value is -2.29. The number of nitrogens with one attached hydrogen (secondary N) is 2. The van der Waals surface area contributed by atoms with Crippen molar-refractivity contribution in [3.63, 3.8) is 0 Å². The van der Waals surface area contributed by atoms with E-state index in [1.807, 2.05) is 5.32 Å². The highest BCUT2D eigenvalue weighted by Gasteiger charge is 2.16. The molecule has 0 unspecified atom stereocenters. The van der Waals surface area contributed by atoms with Crippen LogP contribution in [0.2, 0.25) is 0 Å². The maximum atomic E-state index is 13.1. The summed E-state index contributed by atoms with van der Waals surface area (Å²) in [4.78, 5) is 21.4. The van der Waals surface area contributed by atoms with Gasteiger partial charge in [0.05, 0.1) is 12.2 Å². The van der Waals surface area contributed by atoms with E-state index in [0.717, 1.165) is 0 Å². The van der Waals surface area contributed by atoms with Crippen molar-refractivity contribution in [3.8, 4) is 0 Å². The standard InChI is InChI=1S/C10H9F3N2O4/c11-4-1-5(12)8(13)6(2-4)15-10(19)14-3-7(16)9(17)18/h1-2,7,16H,3H2,(H,17,18)(H2,14,15,19)/t7-/m0/s1. The molecule has 0 radical (unpaired) electrons. The summed E-state index contributed by atoms with van der Waals surface area (Å²) in [5.41, 5.74) is -0.750. The molecule has 19 heavy (non-hydrogen) atoms. The van der Waals surface area contributed by atoms with Crippen LogP contribution in [0.25, 0.3) is 0 Å². The van der Waals surface area contributed by atoms with Crippen molar-refractivity contribution in [2.24, 2.45) is 0 Å². The van der Waals surface area contributed by atoms with Crippen molar-refractivity contribution in [1.82, 2.24) is 5.32 Å². The molecule has 0 aliphatic heterocycles. The lowest BCUT2D eigenvalue weighted by molar-refractivity contribution is -0.146. The van der Waals surface area contributed by atoms with E-state index in [1.54, 1.807) is 5.32 Å². The molecule has 1 rings (SSSR count). The van der Waals surface area contributed by atoms with Crippen LogP contribution in [-0.4, -0.2) is 34.9 Å². The predicted molar refractivity (Wildman–Crippen MR) is 57.0 cm³/mol. The minimum atomic E-state index is -1.85. The largest absolute Gasteiger partial charge is 0.479 e. The lowest BCUT2D eigenvalue weighted by atomic mass is 10.3. The quantitative estimate of drug-likeness (QED) is 0.608. The number of rotatable bonds is 4. The van der Waals surface area contributed by atoms with E-state index in [-0.39, 0.29) is 0 Å². The summed E-state index contributed by atoms with van der Waals surface area (Å²) in [6, 6.07) is -0.276. The molecule has 0 bridgehead atoms. The second-order valence-corrected chi connectivity index (χ2v) is 3.44. The van der Waals surface area contributed by atoms with Crippen LogP contribution in [-0.2, 0) is 4.79 Å². The molecule has 0 aliphatic carbocycles. The van der Waals surface area contributed by atoms with Crippen molar-refractivity contribution in [3.05, 3.63) is 29.6 Å². The summed E-state index contributed by atoms with van der Waals surface area (Å²) in [5.74, 6) is -5.61. The third-order valence-electron chi connectivity index (χ3n) is 1.98. The van der Waals surface area contributed by atoms with Gasteiger partial charge in [-0.05, 0) is 0 Å². The first kappa shape index (κ1) is 14.8. The van der Waals surface area contributed by atoms with E-state index in [1.165, 1.54) is 0 Å². The van der Waals surface area contributed by atoms with Crippen LogP contribution in [0.15, 0.2) is 12.1 Å². The highest BCUT2D eigenvalue weighted by molar-refractivity contribution is 5.89. The van der Waals surface area contributed by atoms with Gasteiger partial charge in [-0.1, -0.05) is 0 Å². The Kier molecular flexibility index (Phi) is 4.70. The van der Waals surface area contributed by atoms with Gasteiger partial charge in [-0.2, -0.15) is 0 Å². The van der Waals surface area contributed by atoms with Crippen molar-refractivity contribution < 1.29 is 33.0 Å². The van der Waals surface area contributed by atoms with Crippen LogP contribution in [0.3, 0.4) is 0 Å². The SMILES string of the molecule is O=C(NC[C@H](O)C(=O)O)Nc1cc(F)cc(F)c1F. The van der Waals surface area contributed by atoms with Gasteiger partial charge < -0.3 is 20.8 Å². The van der Waals surface area contributed by atoms with E-state index in [4.69, 9.17) is 10.2 Å². The Labute approximate surface area is 104 Å². The van der Waals surface area contributed by atoms with Crippen molar-refractivity contribution in [2.45, 2.75) is 6.10 Å². The molecular formula is C10H9F3N2O4. The molecule has 0 spiro atoms. The highest BCUT2D eigenvalue weighted by atomic mass is 19.2. The number of aliphatic hydroxyl groups is 1. The summed E-state index contributed by atoms with van der Waals surface area (Å²) in [5, 5.41) is 20.8. The Morgan fingerprint density at radius 3 is 2.47 bits per heavy atom. The van der Waals surface area contributed by atoms with Gasteiger partial charge in [-0.3, -0.25) is 0 Å². The maximum absolute atomic E-state index is 13.1. The highest BCUT2D eigenvalue weighted by Crippen LogP contribution is 2.18. The van der Waals surface area contributed by atoms with E-state index in [9.17, 15) is 22.8 Å². The van der Waals surface area contributed by atoms with E-state index < -0.39 is 47.8 Å². The summed E-state index contributed by atoms with van der Waals surface area (Å²) < 4.78 is 38.7. The zero-order chi connectivity index (χ0) is 14.6. The first-order valence-electron chi connectivity index (χ1n) is 4.91. The lowest BCUT2D eigenvalue weighted by Gasteiger charge is -2.10. The van der Waals surface area contributed by atoms with Crippen LogP contribution >= 0.6 is 0 Å². The van der Waals surface area contributed by atoms with Gasteiger partial charge in [0.15, 0.2) is 17.7 Å². The third kappa shape index (κ3) is 4.14. The number of anilines is 1. The second kappa shape index (κ2) is 6.05. The Balaban J connectivity index is 2.65. The zero-order valence-electron chi connectivity index (χ0n) is 9.28. The monoisotopic (exact) mass is 278 g/mol. The fraction of sp³-hybridized carbons (Fsp3) is 0.200. The molecule has 104 valence electrons. The average molecular weight is 278 g/mol. The fourth-order valence-corrected chi connectivity index (χ4v) is 1.09. The van der Waals surface area contributed by atoms with Crippen molar-refractivity contribution in [2.75, 3.05) is 11.9 Å². The minimum absolute atomic E-state index is 0.298. The number of aliphatic carboxylic acids is 1. The van der Waals surface area contributed by atoms with Gasteiger partial charge in [0.2, 0.25) is 0 Å². The number of hydrogen-bond donors (Lipinski definition) is 4. The summed E-state index contributed by atoms with van der Waals surface area (Å²) >= 11 is 0. The molecule has 0 saturated heterocycles. The molecule has 0 heterocycles. The molecule has 1 atom stereocenters. The molecule has 0 fully saturated rings. The molecule has 9 heteroatoms. The van der Waals surface area contributed by atoms with Gasteiger partial charge in [0, 0.05) is 12.1 Å². The number of carboxylic acids is 1. The Morgan fingerprint density at radius 2 is 1.89 bits per heavy atom. The first-order chi connectivity index (χ1) is 8.81. The van der Waals surface area contributed by atoms with Crippen LogP contribution in [0.1, 0.15) is 0 Å². The first-order valence-corrected chi connectivity index (χ1v) is 4.91. The van der Waals surface area contributed by atoms with Gasteiger partial charge in [0.1, 0.15) is 5.82 Å². The number of aliphatic hydroxyl groups excluding tert-OH is 1. The van der Waals surface area contributed by atoms with Crippen LogP contribution in [0.4, 0.5) is 23.7 Å². The second-order valence-electron chi connectivity index (χ2n) is 3.44. The van der Waals surface area contributed by atoms with E-state index in [2.05, 4.69) is 0 Å². The molecule has 4 N–H and O–H groups in total. The van der Waals surface area contributed by atoms with Gasteiger partial charge >= 0.3 is 12.0 Å². The smallest absolute Gasteiger partial charge is 0.334 e. The molecule has 0 aliphatic rings. The summed E-state index contributed by atoms with van der Waals surface area (Å²) in [6.07, 6.45) is -1.85. The molecule has 2 amide bonds.